The van der Waals surface area contributed by atoms with Crippen LogP contribution in [0.4, 0.5) is 0 Å². The lowest BCUT2D eigenvalue weighted by molar-refractivity contribution is 0.0772. The van der Waals surface area contributed by atoms with Crippen LogP contribution >= 0.6 is 0 Å². The summed E-state index contributed by atoms with van der Waals surface area (Å²) in [6, 6.07) is 7.88. The summed E-state index contributed by atoms with van der Waals surface area (Å²) in [5, 5.41) is 0. The number of hydrogen-bond acceptors (Lipinski definition) is 3. The summed E-state index contributed by atoms with van der Waals surface area (Å²) in [6.45, 7) is 4.92. The third-order valence-corrected chi connectivity index (χ3v) is 2.84. The molecule has 0 heterocycles. The van der Waals surface area contributed by atoms with E-state index in [9.17, 15) is 0 Å². The van der Waals surface area contributed by atoms with Gasteiger partial charge in [0.05, 0.1) is 18.8 Å². The molecule has 1 aromatic carbocycles. The van der Waals surface area contributed by atoms with Crippen LogP contribution in [-0.4, -0.2) is 19.8 Å². The van der Waals surface area contributed by atoms with E-state index < -0.39 is 0 Å². The molecule has 2 unspecified atom stereocenters. The quantitative estimate of drug-likeness (QED) is 0.793. The van der Waals surface area contributed by atoms with Gasteiger partial charge in [0.15, 0.2) is 0 Å². The molecular formula is C14H23NO2. The molecule has 0 aliphatic heterocycles. The topological polar surface area (TPSA) is 44.5 Å². The third kappa shape index (κ3) is 4.02. The number of ether oxygens (including phenoxy) is 2. The van der Waals surface area contributed by atoms with Crippen LogP contribution in [0, 0.1) is 0 Å². The van der Waals surface area contributed by atoms with Crippen molar-refractivity contribution in [2.24, 2.45) is 5.73 Å². The highest BCUT2D eigenvalue weighted by Gasteiger charge is 2.16. The molecule has 0 saturated heterocycles. The van der Waals surface area contributed by atoms with E-state index in [-0.39, 0.29) is 12.1 Å². The Labute approximate surface area is 104 Å². The minimum Gasteiger partial charge on any atom is -0.494 e. The third-order valence-electron chi connectivity index (χ3n) is 2.84. The van der Waals surface area contributed by atoms with Crippen molar-refractivity contribution in [1.29, 1.82) is 0 Å². The number of hydrogen-bond donors (Lipinski definition) is 1. The van der Waals surface area contributed by atoms with Crippen LogP contribution in [0.5, 0.6) is 5.75 Å². The first-order chi connectivity index (χ1) is 8.22. The van der Waals surface area contributed by atoms with E-state index in [4.69, 9.17) is 15.2 Å². The highest BCUT2D eigenvalue weighted by atomic mass is 16.5. The van der Waals surface area contributed by atoms with E-state index in [2.05, 4.69) is 13.8 Å². The summed E-state index contributed by atoms with van der Waals surface area (Å²) >= 11 is 0. The Kier molecular flexibility index (Phi) is 6.01. The summed E-state index contributed by atoms with van der Waals surface area (Å²) in [5.74, 6) is 0.897. The molecule has 2 atom stereocenters. The van der Waals surface area contributed by atoms with Gasteiger partial charge in [-0.2, -0.15) is 0 Å². The molecule has 0 aliphatic rings. The van der Waals surface area contributed by atoms with Crippen LogP contribution in [0.2, 0.25) is 0 Å². The van der Waals surface area contributed by atoms with Crippen LogP contribution in [0.1, 0.15) is 38.3 Å². The summed E-state index contributed by atoms with van der Waals surface area (Å²) in [5.41, 5.74) is 7.23. The normalized spacial score (nSPS) is 14.4. The molecular weight excluding hydrogens is 214 g/mol. The van der Waals surface area contributed by atoms with Crippen molar-refractivity contribution in [3.05, 3.63) is 29.8 Å². The molecule has 3 heteroatoms. The van der Waals surface area contributed by atoms with Gasteiger partial charge in [-0.3, -0.25) is 0 Å². The first-order valence-corrected chi connectivity index (χ1v) is 6.24. The number of benzene rings is 1. The highest BCUT2D eigenvalue weighted by Crippen LogP contribution is 2.21. The number of rotatable bonds is 7. The zero-order valence-electron chi connectivity index (χ0n) is 11.0. The van der Waals surface area contributed by atoms with E-state index in [0.29, 0.717) is 0 Å². The number of nitrogens with two attached hydrogens (primary N) is 1. The van der Waals surface area contributed by atoms with E-state index in [1.165, 1.54) is 0 Å². The van der Waals surface area contributed by atoms with Crippen LogP contribution in [-0.2, 0) is 4.74 Å². The molecule has 0 radical (unpaired) electrons. The first kappa shape index (κ1) is 14.0. The molecule has 3 nitrogen and oxygen atoms in total. The Morgan fingerprint density at radius 1 is 1.18 bits per heavy atom. The predicted octanol–water partition coefficient (Wildman–Crippen LogP) is 2.90. The van der Waals surface area contributed by atoms with Crippen LogP contribution in [0.3, 0.4) is 0 Å². The van der Waals surface area contributed by atoms with Crippen molar-refractivity contribution >= 4 is 0 Å². The molecule has 2 N–H and O–H groups in total. The Balaban J connectivity index is 2.66. The molecule has 0 bridgehead atoms. The van der Waals surface area contributed by atoms with E-state index in [1.807, 2.05) is 24.3 Å². The molecule has 0 amide bonds. The highest BCUT2D eigenvalue weighted by molar-refractivity contribution is 5.29. The summed E-state index contributed by atoms with van der Waals surface area (Å²) in [4.78, 5) is 0. The van der Waals surface area contributed by atoms with E-state index >= 15 is 0 Å². The minimum absolute atomic E-state index is 0.0670. The van der Waals surface area contributed by atoms with Gasteiger partial charge in [0.1, 0.15) is 5.75 Å². The van der Waals surface area contributed by atoms with E-state index in [1.54, 1.807) is 7.11 Å². The number of methoxy groups -OCH3 is 1. The zero-order valence-corrected chi connectivity index (χ0v) is 11.0. The second kappa shape index (κ2) is 7.30. The fourth-order valence-corrected chi connectivity index (χ4v) is 1.79. The molecule has 0 fully saturated rings. The molecule has 1 rings (SSSR count). The first-order valence-electron chi connectivity index (χ1n) is 6.24. The lowest BCUT2D eigenvalue weighted by Gasteiger charge is -2.21. The summed E-state index contributed by atoms with van der Waals surface area (Å²) in [7, 11) is 1.70. The van der Waals surface area contributed by atoms with Gasteiger partial charge in [0.2, 0.25) is 0 Å². The van der Waals surface area contributed by atoms with E-state index in [0.717, 1.165) is 30.8 Å². The van der Waals surface area contributed by atoms with Gasteiger partial charge in [-0.15, -0.1) is 0 Å². The predicted molar refractivity (Wildman–Crippen MR) is 70.2 cm³/mol. The lowest BCUT2D eigenvalue weighted by atomic mass is 10.0. The van der Waals surface area contributed by atoms with Crippen molar-refractivity contribution < 1.29 is 9.47 Å². The van der Waals surface area contributed by atoms with Crippen molar-refractivity contribution in [1.82, 2.24) is 0 Å². The van der Waals surface area contributed by atoms with Crippen molar-refractivity contribution in [3.8, 4) is 5.75 Å². The van der Waals surface area contributed by atoms with Crippen molar-refractivity contribution in [2.45, 2.75) is 38.8 Å². The smallest absolute Gasteiger partial charge is 0.119 e. The van der Waals surface area contributed by atoms with Gasteiger partial charge in [-0.05, 0) is 30.5 Å². The minimum atomic E-state index is -0.0785. The zero-order chi connectivity index (χ0) is 12.7. The second-order valence-electron chi connectivity index (χ2n) is 4.13. The van der Waals surface area contributed by atoms with Gasteiger partial charge < -0.3 is 15.2 Å². The molecule has 96 valence electrons. The average molecular weight is 237 g/mol. The maximum atomic E-state index is 6.14. The Morgan fingerprint density at radius 3 is 2.29 bits per heavy atom. The largest absolute Gasteiger partial charge is 0.494 e. The summed E-state index contributed by atoms with van der Waals surface area (Å²) < 4.78 is 10.9. The second-order valence-corrected chi connectivity index (χ2v) is 4.13. The van der Waals surface area contributed by atoms with Gasteiger partial charge in [0, 0.05) is 7.11 Å². The molecule has 0 aromatic heterocycles. The van der Waals surface area contributed by atoms with Gasteiger partial charge in [-0.1, -0.05) is 26.0 Å². The fraction of sp³-hybridized carbons (Fsp3) is 0.571. The standard InChI is InChI=1S/C14H23NO2/c1-4-10-17-12-8-6-11(7-9-12)14(15)13(5-2)16-3/h6-9,13-14H,4-5,10,15H2,1-3H3. The molecule has 0 spiro atoms. The summed E-state index contributed by atoms with van der Waals surface area (Å²) in [6.07, 6.45) is 1.99. The monoisotopic (exact) mass is 237 g/mol. The lowest BCUT2D eigenvalue weighted by Crippen LogP contribution is -2.27. The van der Waals surface area contributed by atoms with Crippen LogP contribution < -0.4 is 10.5 Å². The maximum absolute atomic E-state index is 6.14. The SMILES string of the molecule is CCCOc1ccc(C(N)C(CC)OC)cc1. The molecule has 0 aliphatic carbocycles. The Bertz CT molecular complexity index is 307. The van der Waals surface area contributed by atoms with Gasteiger partial charge in [0.25, 0.3) is 0 Å². The molecule has 0 saturated carbocycles. The fourth-order valence-electron chi connectivity index (χ4n) is 1.79. The van der Waals surface area contributed by atoms with Crippen LogP contribution in [0.25, 0.3) is 0 Å². The Morgan fingerprint density at radius 2 is 1.82 bits per heavy atom. The van der Waals surface area contributed by atoms with Crippen molar-refractivity contribution in [2.75, 3.05) is 13.7 Å². The Hall–Kier alpha value is -1.06. The van der Waals surface area contributed by atoms with Gasteiger partial charge >= 0.3 is 0 Å². The molecule has 17 heavy (non-hydrogen) atoms. The van der Waals surface area contributed by atoms with Crippen molar-refractivity contribution in [3.63, 3.8) is 0 Å². The average Bonchev–Trinajstić information content (AvgIpc) is 2.38. The van der Waals surface area contributed by atoms with Gasteiger partial charge in [-0.25, -0.2) is 0 Å². The van der Waals surface area contributed by atoms with Crippen LogP contribution in [0.15, 0.2) is 24.3 Å². The maximum Gasteiger partial charge on any atom is 0.119 e. The molecule has 1 aromatic rings.